The van der Waals surface area contributed by atoms with Crippen molar-refractivity contribution in [3.05, 3.63) is 108 Å². The third-order valence-electron chi connectivity index (χ3n) is 4.87. The van der Waals surface area contributed by atoms with Gasteiger partial charge >= 0.3 is 0 Å². The highest BCUT2D eigenvalue weighted by molar-refractivity contribution is 7.92. The van der Waals surface area contributed by atoms with Crippen LogP contribution >= 0.6 is 0 Å². The molecule has 0 spiro atoms. The number of amides is 1. The van der Waals surface area contributed by atoms with Crippen LogP contribution < -0.4 is 14.8 Å². The van der Waals surface area contributed by atoms with E-state index in [-0.39, 0.29) is 17.2 Å². The lowest BCUT2D eigenvalue weighted by molar-refractivity contribution is -0.115. The molecule has 0 aliphatic carbocycles. The number of rotatable bonds is 9. The summed E-state index contributed by atoms with van der Waals surface area (Å²) in [6.07, 6.45) is 4.94. The summed E-state index contributed by atoms with van der Waals surface area (Å²) in [7, 11) is -3.86. The van der Waals surface area contributed by atoms with Gasteiger partial charge in [-0.3, -0.25) is 14.5 Å². The van der Waals surface area contributed by atoms with Crippen molar-refractivity contribution >= 4 is 27.4 Å². The largest absolute Gasteiger partial charge is 0.485 e. The molecule has 0 fully saturated rings. The Bertz CT molecular complexity index is 1400. The Kier molecular flexibility index (Phi) is 7.32. The van der Waals surface area contributed by atoms with Crippen molar-refractivity contribution in [1.29, 1.82) is 0 Å². The van der Waals surface area contributed by atoms with Gasteiger partial charge in [0, 0.05) is 24.3 Å². The van der Waals surface area contributed by atoms with E-state index in [9.17, 15) is 17.6 Å². The Morgan fingerprint density at radius 1 is 0.886 bits per heavy atom. The average Bonchev–Trinajstić information content (AvgIpc) is 2.85. The van der Waals surface area contributed by atoms with E-state index in [1.807, 2.05) is 12.1 Å². The number of ether oxygens (including phenoxy) is 1. The number of halogens is 1. The zero-order valence-corrected chi connectivity index (χ0v) is 19.2. The molecule has 1 amide bonds. The van der Waals surface area contributed by atoms with E-state index in [4.69, 9.17) is 4.74 Å². The van der Waals surface area contributed by atoms with Crippen LogP contribution in [-0.4, -0.2) is 24.3 Å². The maximum absolute atomic E-state index is 13.1. The Hall–Kier alpha value is -4.31. The minimum absolute atomic E-state index is 0.0470. The van der Waals surface area contributed by atoms with Crippen LogP contribution in [0.3, 0.4) is 0 Å². The van der Waals surface area contributed by atoms with Crippen LogP contribution in [0.15, 0.2) is 96.3 Å². The molecule has 0 atom stereocenters. The summed E-state index contributed by atoms with van der Waals surface area (Å²) in [6, 6.07) is 18.0. The zero-order valence-electron chi connectivity index (χ0n) is 18.4. The van der Waals surface area contributed by atoms with Crippen molar-refractivity contribution in [2.24, 2.45) is 0 Å². The van der Waals surface area contributed by atoms with Gasteiger partial charge < -0.3 is 10.1 Å². The highest BCUT2D eigenvalue weighted by Gasteiger charge is 2.15. The van der Waals surface area contributed by atoms with Crippen molar-refractivity contribution in [2.45, 2.75) is 17.9 Å². The van der Waals surface area contributed by atoms with E-state index >= 15 is 0 Å². The van der Waals surface area contributed by atoms with Gasteiger partial charge in [0.25, 0.3) is 10.0 Å². The van der Waals surface area contributed by atoms with Crippen molar-refractivity contribution in [3.63, 3.8) is 0 Å². The van der Waals surface area contributed by atoms with Crippen molar-refractivity contribution in [3.8, 4) is 5.75 Å². The third kappa shape index (κ3) is 6.61. The number of pyridine rings is 2. The molecule has 35 heavy (non-hydrogen) atoms. The van der Waals surface area contributed by atoms with Crippen LogP contribution in [-0.2, 0) is 27.8 Å². The Balaban J connectivity index is 1.35. The molecule has 0 aliphatic heterocycles. The summed E-state index contributed by atoms with van der Waals surface area (Å²) >= 11 is 0. The second-order valence-corrected chi connectivity index (χ2v) is 9.16. The lowest BCUT2D eigenvalue weighted by Crippen LogP contribution is -2.16. The van der Waals surface area contributed by atoms with E-state index in [0.717, 1.165) is 17.7 Å². The van der Waals surface area contributed by atoms with Crippen LogP contribution in [0.5, 0.6) is 5.75 Å². The zero-order chi connectivity index (χ0) is 24.7. The minimum atomic E-state index is -3.86. The predicted octanol–water partition coefficient (Wildman–Crippen LogP) is 4.18. The standard InChI is InChI=1S/C25H21FN4O4S/c26-20-5-9-22(10-6-20)35(32,33)30-21-7-3-18(4-8-21)16-24(31)29-25-23(2-1-13-28-25)34-17-19-11-14-27-15-12-19/h1-15,30H,16-17H2,(H,28,29,31). The Morgan fingerprint density at radius 2 is 1.60 bits per heavy atom. The lowest BCUT2D eigenvalue weighted by atomic mass is 10.1. The van der Waals surface area contributed by atoms with Gasteiger partial charge in [0.05, 0.1) is 11.3 Å². The fourth-order valence-electron chi connectivity index (χ4n) is 3.12. The molecule has 0 unspecified atom stereocenters. The molecule has 2 heterocycles. The molecule has 0 saturated heterocycles. The molecular formula is C25H21FN4O4S. The smallest absolute Gasteiger partial charge is 0.261 e. The van der Waals surface area contributed by atoms with E-state index in [0.29, 0.717) is 29.4 Å². The molecule has 2 aromatic carbocycles. The summed E-state index contributed by atoms with van der Waals surface area (Å²) in [6.45, 7) is 0.298. The topological polar surface area (TPSA) is 110 Å². The van der Waals surface area contributed by atoms with Gasteiger partial charge in [-0.05, 0) is 71.8 Å². The average molecular weight is 493 g/mol. The van der Waals surface area contributed by atoms with Crippen molar-refractivity contribution < 1.29 is 22.3 Å². The summed E-state index contributed by atoms with van der Waals surface area (Å²) in [5, 5.41) is 2.74. The van der Waals surface area contributed by atoms with Crippen LogP contribution in [0, 0.1) is 5.82 Å². The molecule has 2 N–H and O–H groups in total. The molecule has 0 aliphatic rings. The first-order chi connectivity index (χ1) is 16.9. The molecule has 0 bridgehead atoms. The molecule has 4 aromatic rings. The molecule has 10 heteroatoms. The van der Waals surface area contributed by atoms with Gasteiger partial charge in [-0.15, -0.1) is 0 Å². The number of sulfonamides is 1. The number of anilines is 2. The van der Waals surface area contributed by atoms with E-state index < -0.39 is 15.8 Å². The Morgan fingerprint density at radius 3 is 2.31 bits per heavy atom. The molecule has 0 radical (unpaired) electrons. The number of carbonyl (C=O) groups excluding carboxylic acids is 1. The van der Waals surface area contributed by atoms with Gasteiger partial charge in [-0.25, -0.2) is 17.8 Å². The van der Waals surface area contributed by atoms with Crippen molar-refractivity contribution in [2.75, 3.05) is 10.0 Å². The van der Waals surface area contributed by atoms with Gasteiger partial charge in [0.15, 0.2) is 11.6 Å². The van der Waals surface area contributed by atoms with E-state index in [1.54, 1.807) is 55.0 Å². The first-order valence-corrected chi connectivity index (χ1v) is 12.0. The van der Waals surface area contributed by atoms with Crippen LogP contribution in [0.25, 0.3) is 0 Å². The second-order valence-electron chi connectivity index (χ2n) is 7.48. The third-order valence-corrected chi connectivity index (χ3v) is 6.26. The molecular weight excluding hydrogens is 471 g/mol. The van der Waals surface area contributed by atoms with E-state index in [2.05, 4.69) is 20.0 Å². The van der Waals surface area contributed by atoms with Crippen LogP contribution in [0.1, 0.15) is 11.1 Å². The maximum atomic E-state index is 13.1. The number of hydrogen-bond donors (Lipinski definition) is 2. The number of benzene rings is 2. The highest BCUT2D eigenvalue weighted by atomic mass is 32.2. The van der Waals surface area contributed by atoms with Gasteiger partial charge in [-0.1, -0.05) is 12.1 Å². The number of nitrogens with zero attached hydrogens (tertiary/aromatic N) is 2. The second kappa shape index (κ2) is 10.7. The molecule has 2 aromatic heterocycles. The normalized spacial score (nSPS) is 11.0. The molecule has 8 nitrogen and oxygen atoms in total. The number of carbonyl (C=O) groups is 1. The first kappa shape index (κ1) is 23.8. The van der Waals surface area contributed by atoms with Crippen molar-refractivity contribution in [1.82, 2.24) is 9.97 Å². The molecule has 4 rings (SSSR count). The monoisotopic (exact) mass is 492 g/mol. The fraction of sp³-hybridized carbons (Fsp3) is 0.0800. The highest BCUT2D eigenvalue weighted by Crippen LogP contribution is 2.23. The summed E-state index contributed by atoms with van der Waals surface area (Å²) in [4.78, 5) is 20.7. The maximum Gasteiger partial charge on any atom is 0.261 e. The molecule has 0 saturated carbocycles. The predicted molar refractivity (Wildman–Crippen MR) is 129 cm³/mol. The summed E-state index contributed by atoms with van der Waals surface area (Å²) < 4.78 is 46.1. The van der Waals surface area contributed by atoms with Crippen LogP contribution in [0.4, 0.5) is 15.9 Å². The SMILES string of the molecule is O=C(Cc1ccc(NS(=O)(=O)c2ccc(F)cc2)cc1)Nc1ncccc1OCc1ccncc1. The van der Waals surface area contributed by atoms with Gasteiger partial charge in [0.2, 0.25) is 5.91 Å². The minimum Gasteiger partial charge on any atom is -0.485 e. The summed E-state index contributed by atoms with van der Waals surface area (Å²) in [5.41, 5.74) is 1.91. The number of nitrogens with one attached hydrogen (secondary N) is 2. The van der Waals surface area contributed by atoms with Crippen LogP contribution in [0.2, 0.25) is 0 Å². The summed E-state index contributed by atoms with van der Waals surface area (Å²) in [5.74, 6) is -0.0970. The number of aromatic nitrogens is 2. The van der Waals surface area contributed by atoms with Gasteiger partial charge in [-0.2, -0.15) is 0 Å². The quantitative estimate of drug-likeness (QED) is 0.363. The fourth-order valence-corrected chi connectivity index (χ4v) is 4.18. The van der Waals surface area contributed by atoms with E-state index in [1.165, 1.54) is 12.1 Å². The molecule has 178 valence electrons. The van der Waals surface area contributed by atoms with Gasteiger partial charge in [0.1, 0.15) is 12.4 Å². The number of hydrogen-bond acceptors (Lipinski definition) is 6. The lowest BCUT2D eigenvalue weighted by Gasteiger charge is -2.12. The first-order valence-electron chi connectivity index (χ1n) is 10.5. The Labute approximate surface area is 201 Å².